The maximum atomic E-state index is 11.2. The van der Waals surface area contributed by atoms with E-state index in [0.29, 0.717) is 12.4 Å². The van der Waals surface area contributed by atoms with Crippen molar-refractivity contribution in [1.29, 1.82) is 0 Å². The number of H-pyrrole nitrogens is 1. The predicted octanol–water partition coefficient (Wildman–Crippen LogP) is 4.21. The van der Waals surface area contributed by atoms with Crippen LogP contribution in [0.3, 0.4) is 0 Å². The third-order valence-electron chi connectivity index (χ3n) is 3.18. The number of carboxylic acid groups (broad SMARTS) is 1. The summed E-state index contributed by atoms with van der Waals surface area (Å²) in [5.41, 5.74) is 1.95. The summed E-state index contributed by atoms with van der Waals surface area (Å²) in [5, 5.41) is 10.0. The van der Waals surface area contributed by atoms with Gasteiger partial charge in [0.1, 0.15) is 12.4 Å². The molecule has 0 bridgehead atoms. The minimum Gasteiger partial charge on any atom is -0.488 e. The van der Waals surface area contributed by atoms with E-state index in [1.165, 1.54) is 0 Å². The average molecular weight is 346 g/mol. The molecule has 0 saturated carbocycles. The molecule has 4 nitrogen and oxygen atoms in total. The van der Waals surface area contributed by atoms with Crippen LogP contribution in [-0.2, 0) is 6.61 Å². The largest absolute Gasteiger partial charge is 0.488 e. The highest BCUT2D eigenvalue weighted by atomic mass is 79.9. The van der Waals surface area contributed by atoms with Gasteiger partial charge >= 0.3 is 5.97 Å². The second-order valence-corrected chi connectivity index (χ2v) is 5.47. The van der Waals surface area contributed by atoms with Crippen molar-refractivity contribution in [1.82, 2.24) is 4.98 Å². The maximum Gasteiger partial charge on any atom is 0.335 e. The van der Waals surface area contributed by atoms with Crippen LogP contribution in [0, 0.1) is 0 Å². The normalized spacial score (nSPS) is 10.7. The molecule has 0 saturated heterocycles. The van der Waals surface area contributed by atoms with Crippen LogP contribution in [0.1, 0.15) is 15.9 Å². The number of hydrogen-bond acceptors (Lipinski definition) is 2. The van der Waals surface area contributed by atoms with Crippen LogP contribution < -0.4 is 4.74 Å². The molecule has 0 unspecified atom stereocenters. The molecule has 3 rings (SSSR count). The molecule has 1 aromatic heterocycles. The van der Waals surface area contributed by atoms with Gasteiger partial charge in [-0.25, -0.2) is 4.79 Å². The van der Waals surface area contributed by atoms with Crippen molar-refractivity contribution < 1.29 is 14.6 Å². The quantitative estimate of drug-likeness (QED) is 0.744. The molecule has 21 heavy (non-hydrogen) atoms. The van der Waals surface area contributed by atoms with E-state index in [0.717, 1.165) is 20.9 Å². The number of ether oxygens (including phenoxy) is 1. The van der Waals surface area contributed by atoms with Crippen LogP contribution in [0.5, 0.6) is 5.75 Å². The monoisotopic (exact) mass is 345 g/mol. The third kappa shape index (κ3) is 2.78. The maximum absolute atomic E-state index is 11.2. The van der Waals surface area contributed by atoms with Crippen LogP contribution >= 0.6 is 15.9 Å². The number of carboxylic acids is 1. The highest BCUT2D eigenvalue weighted by molar-refractivity contribution is 9.10. The van der Waals surface area contributed by atoms with Gasteiger partial charge in [-0.1, -0.05) is 30.3 Å². The Kier molecular flexibility index (Phi) is 3.66. The lowest BCUT2D eigenvalue weighted by molar-refractivity contribution is 0.0696. The lowest BCUT2D eigenvalue weighted by Crippen LogP contribution is -2.00. The molecule has 0 radical (unpaired) electrons. The number of aromatic carboxylic acids is 1. The first-order valence-corrected chi connectivity index (χ1v) is 7.15. The smallest absolute Gasteiger partial charge is 0.335 e. The first-order chi connectivity index (χ1) is 10.1. The number of aromatic amines is 1. The predicted molar refractivity (Wildman–Crippen MR) is 83.7 cm³/mol. The van der Waals surface area contributed by atoms with Gasteiger partial charge < -0.3 is 14.8 Å². The van der Waals surface area contributed by atoms with Crippen molar-refractivity contribution in [3.63, 3.8) is 0 Å². The van der Waals surface area contributed by atoms with E-state index in [-0.39, 0.29) is 5.56 Å². The van der Waals surface area contributed by atoms with Crippen LogP contribution in [0.4, 0.5) is 0 Å². The number of rotatable bonds is 4. The van der Waals surface area contributed by atoms with Crippen LogP contribution in [0.2, 0.25) is 0 Å². The molecule has 1 heterocycles. The number of halogens is 1. The van der Waals surface area contributed by atoms with E-state index in [9.17, 15) is 9.90 Å². The Morgan fingerprint density at radius 3 is 2.71 bits per heavy atom. The SMILES string of the molecule is O=C(O)c1cc(OCc2ccccc2)c2c(Br)c[nH]c2c1. The van der Waals surface area contributed by atoms with Crippen LogP contribution in [0.15, 0.2) is 53.1 Å². The fraction of sp³-hybridized carbons (Fsp3) is 0.0625. The zero-order valence-electron chi connectivity index (χ0n) is 11.0. The van der Waals surface area contributed by atoms with Gasteiger partial charge in [-0.05, 0) is 33.6 Å². The van der Waals surface area contributed by atoms with Crippen LogP contribution in [-0.4, -0.2) is 16.1 Å². The van der Waals surface area contributed by atoms with E-state index < -0.39 is 5.97 Å². The molecular weight excluding hydrogens is 334 g/mol. The highest BCUT2D eigenvalue weighted by Crippen LogP contribution is 2.34. The van der Waals surface area contributed by atoms with E-state index in [1.54, 1.807) is 18.3 Å². The summed E-state index contributed by atoms with van der Waals surface area (Å²) in [4.78, 5) is 14.2. The summed E-state index contributed by atoms with van der Waals surface area (Å²) in [6.07, 6.45) is 1.77. The van der Waals surface area contributed by atoms with Gasteiger partial charge in [0.05, 0.1) is 16.5 Å². The van der Waals surface area contributed by atoms with E-state index >= 15 is 0 Å². The van der Waals surface area contributed by atoms with Crippen molar-refractivity contribution in [3.05, 3.63) is 64.3 Å². The van der Waals surface area contributed by atoms with E-state index in [2.05, 4.69) is 20.9 Å². The lowest BCUT2D eigenvalue weighted by Gasteiger charge is -2.09. The summed E-state index contributed by atoms with van der Waals surface area (Å²) in [7, 11) is 0. The summed E-state index contributed by atoms with van der Waals surface area (Å²) in [6.45, 7) is 0.386. The molecule has 5 heteroatoms. The Hall–Kier alpha value is -2.27. The van der Waals surface area contributed by atoms with E-state index in [4.69, 9.17) is 4.74 Å². The standard InChI is InChI=1S/C16H12BrNO3/c17-12-8-18-13-6-11(16(19)20)7-14(15(12)13)21-9-10-4-2-1-3-5-10/h1-8,18H,9H2,(H,19,20). The van der Waals surface area contributed by atoms with Crippen molar-refractivity contribution in [2.45, 2.75) is 6.61 Å². The number of nitrogens with one attached hydrogen (secondary N) is 1. The molecule has 2 aromatic carbocycles. The van der Waals surface area contributed by atoms with Gasteiger partial charge in [-0.15, -0.1) is 0 Å². The molecule has 0 aliphatic heterocycles. The fourth-order valence-corrected chi connectivity index (χ4v) is 2.69. The summed E-state index contributed by atoms with van der Waals surface area (Å²) < 4.78 is 6.67. The molecule has 3 aromatic rings. The Morgan fingerprint density at radius 1 is 1.24 bits per heavy atom. The molecule has 0 fully saturated rings. The van der Waals surface area contributed by atoms with Gasteiger partial charge in [0.2, 0.25) is 0 Å². The average Bonchev–Trinajstić information content (AvgIpc) is 2.87. The number of benzene rings is 2. The Bertz CT molecular complexity index is 796. The van der Waals surface area contributed by atoms with E-state index in [1.807, 2.05) is 30.3 Å². The minimum absolute atomic E-state index is 0.194. The molecule has 106 valence electrons. The zero-order chi connectivity index (χ0) is 14.8. The zero-order valence-corrected chi connectivity index (χ0v) is 12.6. The molecule has 0 amide bonds. The molecule has 0 aliphatic carbocycles. The van der Waals surface area contributed by atoms with Gasteiger partial charge in [0.25, 0.3) is 0 Å². The molecular formula is C16H12BrNO3. The van der Waals surface area contributed by atoms with Crippen molar-refractivity contribution in [2.24, 2.45) is 0 Å². The molecule has 2 N–H and O–H groups in total. The van der Waals surface area contributed by atoms with Crippen molar-refractivity contribution in [2.75, 3.05) is 0 Å². The number of hydrogen-bond donors (Lipinski definition) is 2. The second kappa shape index (κ2) is 5.61. The molecule has 0 aliphatic rings. The van der Waals surface area contributed by atoms with Gasteiger partial charge in [-0.2, -0.15) is 0 Å². The highest BCUT2D eigenvalue weighted by Gasteiger charge is 2.14. The first-order valence-electron chi connectivity index (χ1n) is 6.36. The summed E-state index contributed by atoms with van der Waals surface area (Å²) in [6, 6.07) is 12.9. The first kappa shape index (κ1) is 13.7. The second-order valence-electron chi connectivity index (χ2n) is 4.61. The number of fused-ring (bicyclic) bond motifs is 1. The Morgan fingerprint density at radius 2 is 2.00 bits per heavy atom. The third-order valence-corrected chi connectivity index (χ3v) is 3.80. The fourth-order valence-electron chi connectivity index (χ4n) is 2.16. The summed E-state index contributed by atoms with van der Waals surface area (Å²) >= 11 is 3.45. The topological polar surface area (TPSA) is 62.3 Å². The van der Waals surface area contributed by atoms with Crippen molar-refractivity contribution >= 4 is 32.8 Å². The van der Waals surface area contributed by atoms with Gasteiger partial charge in [0.15, 0.2) is 0 Å². The minimum atomic E-state index is -0.979. The van der Waals surface area contributed by atoms with Crippen LogP contribution in [0.25, 0.3) is 10.9 Å². The number of carbonyl (C=O) groups is 1. The number of aromatic nitrogens is 1. The van der Waals surface area contributed by atoms with Crippen molar-refractivity contribution in [3.8, 4) is 5.75 Å². The molecule has 0 atom stereocenters. The Balaban J connectivity index is 1.99. The Labute approximate surface area is 129 Å². The van der Waals surface area contributed by atoms with Gasteiger partial charge in [0, 0.05) is 10.7 Å². The summed E-state index contributed by atoms with van der Waals surface area (Å²) in [5.74, 6) is -0.436. The molecule has 0 spiro atoms. The lowest BCUT2D eigenvalue weighted by atomic mass is 10.1. The van der Waals surface area contributed by atoms with Gasteiger partial charge in [-0.3, -0.25) is 0 Å².